The van der Waals surface area contributed by atoms with Crippen LogP contribution in [0.25, 0.3) is 6.08 Å². The van der Waals surface area contributed by atoms with E-state index in [4.69, 9.17) is 14.2 Å². The van der Waals surface area contributed by atoms with Crippen molar-refractivity contribution in [3.05, 3.63) is 57.7 Å². The highest BCUT2D eigenvalue weighted by Crippen LogP contribution is 2.38. The average Bonchev–Trinajstić information content (AvgIpc) is 2.78. The number of halogens is 1. The molecule has 0 aliphatic heterocycles. The Labute approximate surface area is 193 Å². The fraction of sp³-hybridized carbons (Fsp3) is 0.227. The molecule has 0 bridgehead atoms. The summed E-state index contributed by atoms with van der Waals surface area (Å²) >= 11 is 3.32. The van der Waals surface area contributed by atoms with E-state index in [2.05, 4.69) is 26.6 Å². The Kier molecular flexibility index (Phi) is 8.65. The molecule has 2 amide bonds. The molecule has 0 heterocycles. The van der Waals surface area contributed by atoms with Crippen molar-refractivity contribution in [2.75, 3.05) is 21.3 Å². The molecule has 2 N–H and O–H groups in total. The third kappa shape index (κ3) is 6.24. The summed E-state index contributed by atoms with van der Waals surface area (Å²) in [6.07, 6.45) is 1.42. The highest BCUT2D eigenvalue weighted by Gasteiger charge is 2.20. The Morgan fingerprint density at radius 3 is 2.03 bits per heavy atom. The highest BCUT2D eigenvalue weighted by molar-refractivity contribution is 9.10. The van der Waals surface area contributed by atoms with Crippen molar-refractivity contribution >= 4 is 39.8 Å². The number of hydrogen-bond donors (Lipinski definition) is 2. The molecule has 2 aromatic rings. The Bertz CT molecular complexity index is 1010. The van der Waals surface area contributed by atoms with Gasteiger partial charge in [-0.2, -0.15) is 0 Å². The van der Waals surface area contributed by atoms with Crippen molar-refractivity contribution in [3.63, 3.8) is 0 Å². The van der Waals surface area contributed by atoms with Gasteiger partial charge in [0.05, 0.1) is 33.3 Å². The fourth-order valence-corrected chi connectivity index (χ4v) is 2.89. The molecule has 0 aromatic heterocycles. The Hall–Kier alpha value is -3.53. The number of hydrogen-bond acceptors (Lipinski definition) is 7. The van der Waals surface area contributed by atoms with Gasteiger partial charge in [-0.3, -0.25) is 9.59 Å². The molecule has 0 fully saturated rings. The van der Waals surface area contributed by atoms with E-state index in [9.17, 15) is 19.5 Å². The molecule has 0 saturated carbocycles. The van der Waals surface area contributed by atoms with Crippen LogP contribution in [0, 0.1) is 0 Å². The van der Waals surface area contributed by atoms with E-state index in [1.54, 1.807) is 24.3 Å². The molecule has 1 atom stereocenters. The zero-order valence-electron chi connectivity index (χ0n) is 17.9. The van der Waals surface area contributed by atoms with Gasteiger partial charge in [0.1, 0.15) is 5.70 Å². The molecule has 0 aliphatic rings. The standard InChI is InChI=1S/C22H23BrN2O7/c1-12(22(28)29)24-21(27)16(9-13-5-7-15(23)8-6-13)25-20(26)14-10-17(30-2)19(32-4)18(11-14)31-3/h5-12H,1-4H3,(H,24,27)(H,25,26)(H,28,29)/p-1/b16-9-/t12-/m1/s1. The minimum Gasteiger partial charge on any atom is -0.548 e. The smallest absolute Gasteiger partial charge is 0.268 e. The van der Waals surface area contributed by atoms with E-state index in [-0.39, 0.29) is 22.8 Å². The predicted molar refractivity (Wildman–Crippen MR) is 118 cm³/mol. The van der Waals surface area contributed by atoms with Crippen LogP contribution in [0.2, 0.25) is 0 Å². The molecule has 0 aliphatic carbocycles. The number of aliphatic carboxylic acids is 1. The number of carboxylic acid groups (broad SMARTS) is 1. The van der Waals surface area contributed by atoms with Crippen LogP contribution >= 0.6 is 15.9 Å². The maximum Gasteiger partial charge on any atom is 0.268 e. The quantitative estimate of drug-likeness (QED) is 0.494. The zero-order chi connectivity index (χ0) is 23.8. The first kappa shape index (κ1) is 24.7. The lowest BCUT2D eigenvalue weighted by Gasteiger charge is -2.17. The lowest BCUT2D eigenvalue weighted by Crippen LogP contribution is -2.48. The lowest BCUT2D eigenvalue weighted by atomic mass is 10.1. The topological polar surface area (TPSA) is 126 Å². The number of nitrogens with one attached hydrogen (secondary N) is 2. The SMILES string of the molecule is COc1cc(C(=O)N/C(=C\c2ccc(Br)cc2)C(=O)N[C@H](C)C(=O)[O-])cc(OC)c1OC. The van der Waals surface area contributed by atoms with E-state index in [1.807, 2.05) is 0 Å². The molecule has 2 rings (SSSR count). The van der Waals surface area contributed by atoms with E-state index < -0.39 is 23.8 Å². The van der Waals surface area contributed by atoms with Crippen LogP contribution in [0.4, 0.5) is 0 Å². The Morgan fingerprint density at radius 1 is 1.00 bits per heavy atom. The number of carboxylic acids is 1. The first-order chi connectivity index (χ1) is 15.2. The molecule has 9 nitrogen and oxygen atoms in total. The fourth-order valence-electron chi connectivity index (χ4n) is 2.62. The number of ether oxygens (including phenoxy) is 3. The number of benzene rings is 2. The maximum absolute atomic E-state index is 12.9. The van der Waals surface area contributed by atoms with Crippen molar-refractivity contribution in [1.29, 1.82) is 0 Å². The van der Waals surface area contributed by atoms with Crippen LogP contribution < -0.4 is 30.0 Å². The average molecular weight is 506 g/mol. The molecule has 0 unspecified atom stereocenters. The van der Waals surface area contributed by atoms with Crippen LogP contribution in [0.3, 0.4) is 0 Å². The summed E-state index contributed by atoms with van der Waals surface area (Å²) in [7, 11) is 4.25. The van der Waals surface area contributed by atoms with E-state index in [1.165, 1.54) is 46.5 Å². The molecular weight excluding hydrogens is 484 g/mol. The van der Waals surface area contributed by atoms with Gasteiger partial charge >= 0.3 is 0 Å². The Balaban J connectivity index is 2.42. The number of methoxy groups -OCH3 is 3. The number of carbonyl (C=O) groups excluding carboxylic acids is 3. The Morgan fingerprint density at radius 2 is 1.56 bits per heavy atom. The molecule has 170 valence electrons. The van der Waals surface area contributed by atoms with Crippen molar-refractivity contribution in [3.8, 4) is 17.2 Å². The number of rotatable bonds is 9. The summed E-state index contributed by atoms with van der Waals surface area (Å²) in [5, 5.41) is 15.8. The van der Waals surface area contributed by atoms with Crippen molar-refractivity contribution in [2.24, 2.45) is 0 Å². The van der Waals surface area contributed by atoms with Crippen molar-refractivity contribution in [2.45, 2.75) is 13.0 Å². The lowest BCUT2D eigenvalue weighted by molar-refractivity contribution is -0.307. The first-order valence-corrected chi connectivity index (χ1v) is 10.1. The van der Waals surface area contributed by atoms with E-state index in [0.29, 0.717) is 11.3 Å². The molecule has 0 radical (unpaired) electrons. The molecule has 10 heteroatoms. The van der Waals surface area contributed by atoms with Gasteiger partial charge < -0.3 is 34.7 Å². The molecule has 0 saturated heterocycles. The molecule has 2 aromatic carbocycles. The summed E-state index contributed by atoms with van der Waals surface area (Å²) < 4.78 is 16.6. The summed E-state index contributed by atoms with van der Waals surface area (Å²) in [5.74, 6) is -2.10. The monoisotopic (exact) mass is 505 g/mol. The van der Waals surface area contributed by atoms with Crippen molar-refractivity contribution in [1.82, 2.24) is 10.6 Å². The van der Waals surface area contributed by atoms with Crippen LogP contribution in [0.1, 0.15) is 22.8 Å². The van der Waals surface area contributed by atoms with Gasteiger partial charge in [0, 0.05) is 10.0 Å². The number of amides is 2. The maximum atomic E-state index is 12.9. The van der Waals surface area contributed by atoms with Gasteiger partial charge in [-0.25, -0.2) is 0 Å². The van der Waals surface area contributed by atoms with Gasteiger partial charge in [0.25, 0.3) is 11.8 Å². The minimum absolute atomic E-state index is 0.127. The minimum atomic E-state index is -1.46. The summed E-state index contributed by atoms with van der Waals surface area (Å²) in [4.78, 5) is 36.6. The first-order valence-electron chi connectivity index (χ1n) is 9.30. The van der Waals surface area contributed by atoms with Gasteiger partial charge in [-0.1, -0.05) is 28.1 Å². The summed E-state index contributed by atoms with van der Waals surface area (Å²) in [6, 6.07) is 8.52. The highest BCUT2D eigenvalue weighted by atomic mass is 79.9. The van der Waals surface area contributed by atoms with Gasteiger partial charge in [0.15, 0.2) is 11.5 Å². The normalized spacial score (nSPS) is 11.8. The summed E-state index contributed by atoms with van der Waals surface area (Å²) in [5.41, 5.74) is 0.561. The van der Waals surface area contributed by atoms with Crippen LogP contribution in [-0.2, 0) is 9.59 Å². The van der Waals surface area contributed by atoms with Crippen LogP contribution in [0.15, 0.2) is 46.6 Å². The van der Waals surface area contributed by atoms with Crippen LogP contribution in [-0.4, -0.2) is 45.2 Å². The predicted octanol–water partition coefficient (Wildman–Crippen LogP) is 1.50. The van der Waals surface area contributed by atoms with Gasteiger partial charge in [-0.05, 0) is 42.8 Å². The van der Waals surface area contributed by atoms with Crippen molar-refractivity contribution < 1.29 is 33.7 Å². The number of carbonyl (C=O) groups is 3. The zero-order valence-corrected chi connectivity index (χ0v) is 19.4. The third-order valence-electron chi connectivity index (χ3n) is 4.30. The second-order valence-electron chi connectivity index (χ2n) is 6.49. The van der Waals surface area contributed by atoms with Gasteiger partial charge in [-0.15, -0.1) is 0 Å². The van der Waals surface area contributed by atoms with E-state index >= 15 is 0 Å². The van der Waals surface area contributed by atoms with E-state index in [0.717, 1.165) is 4.47 Å². The molecule has 32 heavy (non-hydrogen) atoms. The molecular formula is C22H22BrN2O7-. The molecule has 0 spiro atoms. The van der Waals surface area contributed by atoms with Gasteiger partial charge in [0.2, 0.25) is 5.75 Å². The van der Waals surface area contributed by atoms with Crippen LogP contribution in [0.5, 0.6) is 17.2 Å². The second-order valence-corrected chi connectivity index (χ2v) is 7.41. The largest absolute Gasteiger partial charge is 0.548 e. The third-order valence-corrected chi connectivity index (χ3v) is 4.83. The summed E-state index contributed by atoms with van der Waals surface area (Å²) in [6.45, 7) is 1.26. The second kappa shape index (κ2) is 11.2.